The molecule has 0 radical (unpaired) electrons. The van der Waals surface area contributed by atoms with Gasteiger partial charge in [0.05, 0.1) is 16.4 Å². The second kappa shape index (κ2) is 6.42. The predicted octanol–water partition coefficient (Wildman–Crippen LogP) is 1.62. The highest BCUT2D eigenvalue weighted by Crippen LogP contribution is 2.25. The van der Waals surface area contributed by atoms with E-state index in [4.69, 9.17) is 10.4 Å². The van der Waals surface area contributed by atoms with Crippen molar-refractivity contribution in [3.05, 3.63) is 29.6 Å². The maximum Gasteiger partial charge on any atom is 0.306 e. The number of sulfonamides is 1. The zero-order valence-corrected chi connectivity index (χ0v) is 12.4. The average molecular weight is 326 g/mol. The minimum atomic E-state index is -3.89. The van der Waals surface area contributed by atoms with Crippen LogP contribution in [-0.2, 0) is 14.8 Å². The lowest BCUT2D eigenvalue weighted by molar-refractivity contribution is -0.142. The summed E-state index contributed by atoms with van der Waals surface area (Å²) in [4.78, 5) is 10.6. The van der Waals surface area contributed by atoms with E-state index < -0.39 is 27.7 Å². The van der Waals surface area contributed by atoms with Crippen molar-refractivity contribution in [2.45, 2.75) is 36.6 Å². The van der Waals surface area contributed by atoms with Crippen LogP contribution in [0.25, 0.3) is 0 Å². The van der Waals surface area contributed by atoms with Gasteiger partial charge < -0.3 is 5.11 Å². The standard InChI is InChI=1S/C14H15FN2O4S/c15-13-7-12(6-3-10(13)8-16)22(20,21)17-11-4-1-9(2-5-11)14(18)19/h3,6-7,9,11,17H,1-2,4-5H2,(H,18,19). The molecule has 1 aromatic carbocycles. The lowest BCUT2D eigenvalue weighted by atomic mass is 9.87. The summed E-state index contributed by atoms with van der Waals surface area (Å²) in [6.07, 6.45) is 1.67. The fourth-order valence-corrected chi connectivity index (χ4v) is 3.82. The molecule has 118 valence electrons. The smallest absolute Gasteiger partial charge is 0.306 e. The van der Waals surface area contributed by atoms with E-state index in [1.807, 2.05) is 0 Å². The van der Waals surface area contributed by atoms with Crippen molar-refractivity contribution in [3.8, 4) is 6.07 Å². The molecule has 22 heavy (non-hydrogen) atoms. The Labute approximate surface area is 127 Å². The number of nitrogens with one attached hydrogen (secondary N) is 1. The molecule has 1 fully saturated rings. The Balaban J connectivity index is 2.08. The van der Waals surface area contributed by atoms with Gasteiger partial charge in [-0.2, -0.15) is 5.26 Å². The van der Waals surface area contributed by atoms with Crippen LogP contribution in [0.5, 0.6) is 0 Å². The van der Waals surface area contributed by atoms with E-state index in [1.54, 1.807) is 6.07 Å². The molecule has 0 amide bonds. The molecule has 1 saturated carbocycles. The van der Waals surface area contributed by atoms with Crippen LogP contribution in [0, 0.1) is 23.1 Å². The fraction of sp³-hybridized carbons (Fsp3) is 0.429. The molecule has 0 heterocycles. The predicted molar refractivity (Wildman–Crippen MR) is 74.8 cm³/mol. The molecule has 0 atom stereocenters. The molecule has 1 aliphatic carbocycles. The molecular formula is C14H15FN2O4S. The Bertz CT molecular complexity index is 719. The zero-order valence-electron chi connectivity index (χ0n) is 11.6. The highest BCUT2D eigenvalue weighted by atomic mass is 32.2. The maximum atomic E-state index is 13.5. The third kappa shape index (κ3) is 3.61. The molecule has 0 aromatic heterocycles. The van der Waals surface area contributed by atoms with Crippen LogP contribution >= 0.6 is 0 Å². The van der Waals surface area contributed by atoms with Crippen LogP contribution in [0.1, 0.15) is 31.2 Å². The van der Waals surface area contributed by atoms with E-state index in [0.717, 1.165) is 12.1 Å². The summed E-state index contributed by atoms with van der Waals surface area (Å²) in [5.41, 5.74) is -0.221. The number of aliphatic carboxylic acids is 1. The number of hydrogen-bond acceptors (Lipinski definition) is 4. The minimum Gasteiger partial charge on any atom is -0.481 e. The van der Waals surface area contributed by atoms with Crippen molar-refractivity contribution in [1.82, 2.24) is 4.72 Å². The highest BCUT2D eigenvalue weighted by Gasteiger charge is 2.29. The van der Waals surface area contributed by atoms with E-state index in [-0.39, 0.29) is 16.5 Å². The molecule has 8 heteroatoms. The Morgan fingerprint density at radius 2 is 1.95 bits per heavy atom. The summed E-state index contributed by atoms with van der Waals surface area (Å²) in [5.74, 6) is -2.19. The van der Waals surface area contributed by atoms with Crippen molar-refractivity contribution in [3.63, 3.8) is 0 Å². The summed E-state index contributed by atoms with van der Waals surface area (Å²) in [5, 5.41) is 17.5. The molecule has 0 spiro atoms. The number of nitriles is 1. The number of hydrogen-bond donors (Lipinski definition) is 2. The van der Waals surface area contributed by atoms with Gasteiger partial charge in [-0.1, -0.05) is 0 Å². The van der Waals surface area contributed by atoms with Crippen LogP contribution in [0.3, 0.4) is 0 Å². The molecule has 0 unspecified atom stereocenters. The van der Waals surface area contributed by atoms with Gasteiger partial charge in [-0.15, -0.1) is 0 Å². The number of carboxylic acid groups (broad SMARTS) is 1. The van der Waals surface area contributed by atoms with Gasteiger partial charge in [0.15, 0.2) is 0 Å². The van der Waals surface area contributed by atoms with Gasteiger partial charge in [-0.05, 0) is 43.9 Å². The number of benzene rings is 1. The van der Waals surface area contributed by atoms with Gasteiger partial charge in [0, 0.05) is 6.04 Å². The van der Waals surface area contributed by atoms with Crippen molar-refractivity contribution in [1.29, 1.82) is 5.26 Å². The van der Waals surface area contributed by atoms with Crippen LogP contribution in [0.15, 0.2) is 23.1 Å². The van der Waals surface area contributed by atoms with Crippen molar-refractivity contribution >= 4 is 16.0 Å². The molecule has 2 N–H and O–H groups in total. The lowest BCUT2D eigenvalue weighted by Gasteiger charge is -2.26. The quantitative estimate of drug-likeness (QED) is 0.874. The van der Waals surface area contributed by atoms with Gasteiger partial charge in [-0.3, -0.25) is 4.79 Å². The van der Waals surface area contributed by atoms with Gasteiger partial charge in [-0.25, -0.2) is 17.5 Å². The molecule has 0 bridgehead atoms. The van der Waals surface area contributed by atoms with Gasteiger partial charge >= 0.3 is 5.97 Å². The molecule has 0 aliphatic heterocycles. The van der Waals surface area contributed by atoms with Gasteiger partial charge in [0.25, 0.3) is 0 Å². The topological polar surface area (TPSA) is 107 Å². The molecule has 2 rings (SSSR count). The summed E-state index contributed by atoms with van der Waals surface area (Å²) in [6, 6.07) is 4.36. The first-order valence-corrected chi connectivity index (χ1v) is 8.26. The molecule has 6 nitrogen and oxygen atoms in total. The summed E-state index contributed by atoms with van der Waals surface area (Å²) >= 11 is 0. The first-order valence-electron chi connectivity index (χ1n) is 6.78. The number of carboxylic acids is 1. The summed E-state index contributed by atoms with van der Waals surface area (Å²) in [6.45, 7) is 0. The Kier molecular flexibility index (Phi) is 4.78. The van der Waals surface area contributed by atoms with Crippen molar-refractivity contribution in [2.24, 2.45) is 5.92 Å². The number of rotatable bonds is 4. The van der Waals surface area contributed by atoms with Crippen LogP contribution < -0.4 is 4.72 Å². The Morgan fingerprint density at radius 3 is 2.45 bits per heavy atom. The third-order valence-corrected chi connectivity index (χ3v) is 5.29. The van der Waals surface area contributed by atoms with Crippen molar-refractivity contribution < 1.29 is 22.7 Å². The third-order valence-electron chi connectivity index (χ3n) is 3.77. The molecule has 0 saturated heterocycles. The van der Waals surface area contributed by atoms with Crippen molar-refractivity contribution in [2.75, 3.05) is 0 Å². The van der Waals surface area contributed by atoms with Crippen LogP contribution in [-0.4, -0.2) is 25.5 Å². The second-order valence-corrected chi connectivity index (χ2v) is 6.98. The SMILES string of the molecule is N#Cc1ccc(S(=O)(=O)NC2CCC(C(=O)O)CC2)cc1F. The van der Waals surface area contributed by atoms with Crippen LogP contribution in [0.2, 0.25) is 0 Å². The molecule has 1 aromatic rings. The number of halogens is 1. The van der Waals surface area contributed by atoms with E-state index >= 15 is 0 Å². The van der Waals surface area contributed by atoms with E-state index in [1.165, 1.54) is 6.07 Å². The number of carbonyl (C=O) groups is 1. The van der Waals surface area contributed by atoms with Crippen LogP contribution in [0.4, 0.5) is 4.39 Å². The normalized spacial score (nSPS) is 22.0. The monoisotopic (exact) mass is 326 g/mol. The molecular weight excluding hydrogens is 311 g/mol. The van der Waals surface area contributed by atoms with Gasteiger partial charge in [0.1, 0.15) is 11.9 Å². The zero-order chi connectivity index (χ0) is 16.3. The average Bonchev–Trinajstić information content (AvgIpc) is 2.47. The summed E-state index contributed by atoms with van der Waals surface area (Å²) < 4.78 is 40.4. The maximum absolute atomic E-state index is 13.5. The summed E-state index contributed by atoms with van der Waals surface area (Å²) in [7, 11) is -3.89. The largest absolute Gasteiger partial charge is 0.481 e. The first kappa shape index (κ1) is 16.4. The lowest BCUT2D eigenvalue weighted by Crippen LogP contribution is -2.38. The van der Waals surface area contributed by atoms with Gasteiger partial charge in [0.2, 0.25) is 10.0 Å². The first-order chi connectivity index (χ1) is 10.3. The van der Waals surface area contributed by atoms with E-state index in [9.17, 15) is 17.6 Å². The fourth-order valence-electron chi connectivity index (χ4n) is 2.50. The molecule has 1 aliphatic rings. The number of nitrogens with zero attached hydrogens (tertiary/aromatic N) is 1. The second-order valence-electron chi connectivity index (χ2n) is 5.26. The minimum absolute atomic E-state index is 0.221. The Morgan fingerprint density at radius 1 is 1.32 bits per heavy atom. The van der Waals surface area contributed by atoms with E-state index in [0.29, 0.717) is 25.7 Å². The highest BCUT2D eigenvalue weighted by molar-refractivity contribution is 7.89. The Hall–Kier alpha value is -1.98. The van der Waals surface area contributed by atoms with E-state index in [2.05, 4.69) is 4.72 Å².